The lowest BCUT2D eigenvalue weighted by Crippen LogP contribution is -2.54. The number of nitrogens with zero attached hydrogens (tertiary/aromatic N) is 1. The maximum Gasteiger partial charge on any atom is 0.0236 e. The van der Waals surface area contributed by atoms with Gasteiger partial charge < -0.3 is 5.32 Å². The van der Waals surface area contributed by atoms with Gasteiger partial charge in [-0.2, -0.15) is 0 Å². The lowest BCUT2D eigenvalue weighted by Gasteiger charge is -2.48. The van der Waals surface area contributed by atoms with Crippen LogP contribution in [0.5, 0.6) is 0 Å². The number of fused-ring (bicyclic) bond motifs is 1. The topological polar surface area (TPSA) is 15.3 Å². The molecule has 0 bridgehead atoms. The molecule has 2 nitrogen and oxygen atoms in total. The molecule has 0 radical (unpaired) electrons. The first-order valence-electron chi connectivity index (χ1n) is 7.87. The van der Waals surface area contributed by atoms with Gasteiger partial charge in [-0.05, 0) is 56.3 Å². The van der Waals surface area contributed by atoms with Crippen molar-refractivity contribution in [1.82, 2.24) is 10.2 Å². The van der Waals surface area contributed by atoms with E-state index in [0.717, 1.165) is 24.4 Å². The van der Waals surface area contributed by atoms with Crippen LogP contribution in [0.25, 0.3) is 0 Å². The standard InChI is InChI=1S/C17H26N2/c1-2-17-16-12-18-10-8-15(16)9-11-19(17)13-14-6-4-3-5-7-14/h3-7,15-18H,2,8-13H2,1H3. The zero-order valence-corrected chi connectivity index (χ0v) is 12.0. The van der Waals surface area contributed by atoms with Crippen molar-refractivity contribution in [1.29, 1.82) is 0 Å². The molecule has 2 saturated heterocycles. The fourth-order valence-electron chi connectivity index (χ4n) is 4.09. The zero-order valence-electron chi connectivity index (χ0n) is 12.0. The molecule has 0 amide bonds. The lowest BCUT2D eigenvalue weighted by molar-refractivity contribution is 0.0241. The highest BCUT2D eigenvalue weighted by Crippen LogP contribution is 2.35. The lowest BCUT2D eigenvalue weighted by atomic mass is 9.75. The highest BCUT2D eigenvalue weighted by molar-refractivity contribution is 5.15. The van der Waals surface area contributed by atoms with Crippen molar-refractivity contribution in [2.45, 2.75) is 38.8 Å². The molecule has 3 unspecified atom stereocenters. The molecule has 3 atom stereocenters. The van der Waals surface area contributed by atoms with Gasteiger partial charge in [0.25, 0.3) is 0 Å². The summed E-state index contributed by atoms with van der Waals surface area (Å²) in [6, 6.07) is 11.7. The first kappa shape index (κ1) is 13.1. The minimum atomic E-state index is 0.770. The summed E-state index contributed by atoms with van der Waals surface area (Å²) in [5, 5.41) is 3.61. The number of rotatable bonds is 3. The number of hydrogen-bond donors (Lipinski definition) is 1. The molecule has 0 aromatic heterocycles. The van der Waals surface area contributed by atoms with E-state index in [1.165, 1.54) is 44.5 Å². The van der Waals surface area contributed by atoms with Crippen molar-refractivity contribution >= 4 is 0 Å². The van der Waals surface area contributed by atoms with Gasteiger partial charge in [0.05, 0.1) is 0 Å². The van der Waals surface area contributed by atoms with Crippen molar-refractivity contribution in [3.63, 3.8) is 0 Å². The van der Waals surface area contributed by atoms with E-state index in [1.54, 1.807) is 0 Å². The van der Waals surface area contributed by atoms with Crippen LogP contribution in [0.15, 0.2) is 30.3 Å². The van der Waals surface area contributed by atoms with E-state index in [1.807, 2.05) is 0 Å². The van der Waals surface area contributed by atoms with E-state index in [-0.39, 0.29) is 0 Å². The van der Waals surface area contributed by atoms with Gasteiger partial charge in [0.15, 0.2) is 0 Å². The SMILES string of the molecule is CCC1C2CNCCC2CCN1Cc1ccccc1. The molecule has 19 heavy (non-hydrogen) atoms. The van der Waals surface area contributed by atoms with Crippen molar-refractivity contribution in [3.8, 4) is 0 Å². The highest BCUT2D eigenvalue weighted by Gasteiger charge is 2.37. The first-order chi connectivity index (χ1) is 9.38. The van der Waals surface area contributed by atoms with E-state index in [2.05, 4.69) is 47.5 Å². The van der Waals surface area contributed by atoms with Gasteiger partial charge in [0.1, 0.15) is 0 Å². The molecule has 2 aliphatic heterocycles. The molecular weight excluding hydrogens is 232 g/mol. The second kappa shape index (κ2) is 6.06. The quantitative estimate of drug-likeness (QED) is 0.897. The monoisotopic (exact) mass is 258 g/mol. The minimum absolute atomic E-state index is 0.770. The summed E-state index contributed by atoms with van der Waals surface area (Å²) >= 11 is 0. The largest absolute Gasteiger partial charge is 0.316 e. The van der Waals surface area contributed by atoms with Crippen LogP contribution in [0.3, 0.4) is 0 Å². The fraction of sp³-hybridized carbons (Fsp3) is 0.647. The highest BCUT2D eigenvalue weighted by atomic mass is 15.2. The second-order valence-corrected chi connectivity index (χ2v) is 6.14. The van der Waals surface area contributed by atoms with Crippen molar-refractivity contribution in [2.75, 3.05) is 19.6 Å². The molecule has 104 valence electrons. The molecule has 3 rings (SSSR count). The molecule has 1 N–H and O–H groups in total. The van der Waals surface area contributed by atoms with Crippen molar-refractivity contribution in [3.05, 3.63) is 35.9 Å². The Morgan fingerprint density at radius 1 is 1.21 bits per heavy atom. The summed E-state index contributed by atoms with van der Waals surface area (Å²) in [6.07, 6.45) is 4.08. The normalized spacial score (nSPS) is 31.9. The molecule has 1 aromatic carbocycles. The third-order valence-electron chi connectivity index (χ3n) is 5.07. The van der Waals surface area contributed by atoms with Crippen LogP contribution >= 0.6 is 0 Å². The average Bonchev–Trinajstić information content (AvgIpc) is 2.48. The minimum Gasteiger partial charge on any atom is -0.316 e. The van der Waals surface area contributed by atoms with Crippen LogP contribution in [0.1, 0.15) is 31.7 Å². The number of hydrogen-bond acceptors (Lipinski definition) is 2. The van der Waals surface area contributed by atoms with Gasteiger partial charge in [0, 0.05) is 12.6 Å². The molecule has 2 heterocycles. The van der Waals surface area contributed by atoms with Crippen LogP contribution in [0, 0.1) is 11.8 Å². The summed E-state index contributed by atoms with van der Waals surface area (Å²) in [5.41, 5.74) is 1.46. The van der Waals surface area contributed by atoms with E-state index < -0.39 is 0 Å². The summed E-state index contributed by atoms with van der Waals surface area (Å²) in [7, 11) is 0. The van der Waals surface area contributed by atoms with Gasteiger partial charge >= 0.3 is 0 Å². The summed E-state index contributed by atoms with van der Waals surface area (Å²) in [5.74, 6) is 1.84. The van der Waals surface area contributed by atoms with Crippen LogP contribution in [0.4, 0.5) is 0 Å². The molecule has 2 heteroatoms. The van der Waals surface area contributed by atoms with Gasteiger partial charge in [0.2, 0.25) is 0 Å². The third-order valence-corrected chi connectivity index (χ3v) is 5.07. The molecule has 1 aromatic rings. The van der Waals surface area contributed by atoms with Gasteiger partial charge in [-0.25, -0.2) is 0 Å². The molecular formula is C17H26N2. The summed E-state index contributed by atoms with van der Waals surface area (Å²) in [4.78, 5) is 2.73. The molecule has 2 fully saturated rings. The Bertz CT molecular complexity index is 390. The Morgan fingerprint density at radius 2 is 2.05 bits per heavy atom. The average molecular weight is 258 g/mol. The maximum absolute atomic E-state index is 3.61. The number of piperidine rings is 2. The van der Waals surface area contributed by atoms with Crippen LogP contribution in [0.2, 0.25) is 0 Å². The Labute approximate surface area is 117 Å². The zero-order chi connectivity index (χ0) is 13.1. The van der Waals surface area contributed by atoms with Crippen molar-refractivity contribution in [2.24, 2.45) is 11.8 Å². The van der Waals surface area contributed by atoms with E-state index >= 15 is 0 Å². The summed E-state index contributed by atoms with van der Waals surface area (Å²) < 4.78 is 0. The third kappa shape index (κ3) is 2.85. The smallest absolute Gasteiger partial charge is 0.0236 e. The first-order valence-corrected chi connectivity index (χ1v) is 7.87. The van der Waals surface area contributed by atoms with Crippen molar-refractivity contribution < 1.29 is 0 Å². The maximum atomic E-state index is 3.61. The molecule has 0 saturated carbocycles. The number of nitrogens with one attached hydrogen (secondary N) is 1. The number of benzene rings is 1. The van der Waals surface area contributed by atoms with E-state index in [9.17, 15) is 0 Å². The fourth-order valence-corrected chi connectivity index (χ4v) is 4.09. The molecule has 2 aliphatic rings. The van der Waals surface area contributed by atoms with Gasteiger partial charge in [-0.1, -0.05) is 37.3 Å². The Morgan fingerprint density at radius 3 is 2.84 bits per heavy atom. The summed E-state index contributed by atoms with van der Waals surface area (Å²) in [6.45, 7) is 7.24. The van der Waals surface area contributed by atoms with Crippen LogP contribution in [-0.2, 0) is 6.54 Å². The number of likely N-dealkylation sites (tertiary alicyclic amines) is 1. The predicted octanol–water partition coefficient (Wildman–Crippen LogP) is 2.90. The second-order valence-electron chi connectivity index (χ2n) is 6.14. The van der Waals surface area contributed by atoms with Crippen LogP contribution < -0.4 is 5.32 Å². The molecule has 0 spiro atoms. The van der Waals surface area contributed by atoms with E-state index in [0.29, 0.717) is 0 Å². The van der Waals surface area contributed by atoms with Crippen LogP contribution in [-0.4, -0.2) is 30.6 Å². The van der Waals surface area contributed by atoms with Gasteiger partial charge in [-0.15, -0.1) is 0 Å². The Kier molecular flexibility index (Phi) is 4.19. The van der Waals surface area contributed by atoms with E-state index in [4.69, 9.17) is 0 Å². The Hall–Kier alpha value is -0.860. The predicted molar refractivity (Wildman–Crippen MR) is 80.0 cm³/mol. The molecule has 0 aliphatic carbocycles. The van der Waals surface area contributed by atoms with Gasteiger partial charge in [-0.3, -0.25) is 4.90 Å². The Balaban J connectivity index is 1.71.